The lowest BCUT2D eigenvalue weighted by Crippen LogP contribution is -1.97. The molecule has 0 unspecified atom stereocenters. The van der Waals surface area contributed by atoms with E-state index in [0.717, 1.165) is 22.8 Å². The number of rotatable bonds is 5. The molecule has 27 heavy (non-hydrogen) atoms. The third-order valence-corrected chi connectivity index (χ3v) is 5.74. The molecule has 0 aliphatic carbocycles. The summed E-state index contributed by atoms with van der Waals surface area (Å²) in [5.74, 6) is 0.807. The molecule has 5 nitrogen and oxygen atoms in total. The smallest absolute Gasteiger partial charge is 0.173 e. The second-order valence-electron chi connectivity index (χ2n) is 5.85. The minimum absolute atomic E-state index is 0.517. The lowest BCUT2D eigenvalue weighted by molar-refractivity contribution is 0.980. The largest absolute Gasteiger partial charge is 0.338 e. The van der Waals surface area contributed by atoms with Crippen molar-refractivity contribution >= 4 is 40.7 Å². The van der Waals surface area contributed by atoms with Gasteiger partial charge in [0.05, 0.1) is 0 Å². The predicted molar refractivity (Wildman–Crippen MR) is 113 cm³/mol. The van der Waals surface area contributed by atoms with Gasteiger partial charge in [-0.05, 0) is 42.8 Å². The highest BCUT2D eigenvalue weighted by Gasteiger charge is 2.18. The average molecular weight is 392 g/mol. The van der Waals surface area contributed by atoms with Gasteiger partial charge in [0.1, 0.15) is 17.3 Å². The number of H-pyrrole nitrogens is 1. The van der Waals surface area contributed by atoms with Crippen molar-refractivity contribution in [1.29, 1.82) is 5.26 Å². The Bertz CT molecular complexity index is 1140. The number of aromatic amines is 1. The third-order valence-electron chi connectivity index (χ3n) is 4.27. The van der Waals surface area contributed by atoms with Crippen LogP contribution in [0.5, 0.6) is 0 Å². The molecule has 0 atom stereocenters. The quantitative estimate of drug-likeness (QED) is 0.447. The molecular weight excluding hydrogens is 374 g/mol. The molecule has 134 valence electrons. The Morgan fingerprint density at radius 2 is 1.85 bits per heavy atom. The zero-order valence-corrected chi connectivity index (χ0v) is 16.5. The standard InChI is InChI=1S/C20H17N5S2/c1-26-16-8-6-13(7-9-16)18-20(23-15-4-3-5-17(10-15)27-2)25-19(24-18)14(11-21)12-22-25/h3-10,12,22-23H,1-2H3. The summed E-state index contributed by atoms with van der Waals surface area (Å²) in [4.78, 5) is 7.12. The van der Waals surface area contributed by atoms with Crippen LogP contribution in [0.1, 0.15) is 5.56 Å². The Balaban J connectivity index is 1.85. The number of hydrogen-bond acceptors (Lipinski definition) is 5. The first-order valence-electron chi connectivity index (χ1n) is 8.29. The van der Waals surface area contributed by atoms with Crippen LogP contribution in [0, 0.1) is 11.3 Å². The number of hydrogen-bond donors (Lipinski definition) is 2. The summed E-state index contributed by atoms with van der Waals surface area (Å²) in [5, 5.41) is 16.0. The molecule has 0 saturated carbocycles. The summed E-state index contributed by atoms with van der Waals surface area (Å²) in [6.45, 7) is 0. The number of anilines is 2. The fourth-order valence-corrected chi connectivity index (χ4v) is 3.77. The second-order valence-corrected chi connectivity index (χ2v) is 7.61. The minimum Gasteiger partial charge on any atom is -0.338 e. The lowest BCUT2D eigenvalue weighted by atomic mass is 10.1. The van der Waals surface area contributed by atoms with Crippen molar-refractivity contribution in [2.24, 2.45) is 0 Å². The molecule has 2 aromatic carbocycles. The Morgan fingerprint density at radius 1 is 1.07 bits per heavy atom. The normalized spacial score (nSPS) is 10.9. The third kappa shape index (κ3) is 3.29. The van der Waals surface area contributed by atoms with Crippen molar-refractivity contribution in [1.82, 2.24) is 14.6 Å². The van der Waals surface area contributed by atoms with E-state index in [9.17, 15) is 5.26 Å². The molecule has 0 fully saturated rings. The van der Waals surface area contributed by atoms with Crippen LogP contribution >= 0.6 is 23.5 Å². The highest BCUT2D eigenvalue weighted by Crippen LogP contribution is 2.33. The number of nitrogens with zero attached hydrogens (tertiary/aromatic N) is 3. The molecule has 4 aromatic rings. The van der Waals surface area contributed by atoms with Gasteiger partial charge in [-0.25, -0.2) is 9.50 Å². The van der Waals surface area contributed by atoms with Gasteiger partial charge in [0.25, 0.3) is 0 Å². The number of thioether (sulfide) groups is 2. The first-order valence-corrected chi connectivity index (χ1v) is 10.7. The van der Waals surface area contributed by atoms with Gasteiger partial charge < -0.3 is 5.32 Å². The Labute approximate surface area is 165 Å². The molecule has 7 heteroatoms. The monoisotopic (exact) mass is 391 g/mol. The van der Waals surface area contributed by atoms with Crippen LogP contribution in [0.3, 0.4) is 0 Å². The fraction of sp³-hybridized carbons (Fsp3) is 0.100. The van der Waals surface area contributed by atoms with Crippen LogP contribution in [-0.4, -0.2) is 27.1 Å². The van der Waals surface area contributed by atoms with Crippen LogP contribution in [-0.2, 0) is 0 Å². The molecule has 2 aromatic heterocycles. The van der Waals surface area contributed by atoms with Gasteiger partial charge in [0.2, 0.25) is 0 Å². The zero-order chi connectivity index (χ0) is 18.8. The molecule has 2 heterocycles. The van der Waals surface area contributed by atoms with E-state index in [1.165, 1.54) is 9.79 Å². The van der Waals surface area contributed by atoms with Gasteiger partial charge in [-0.3, -0.25) is 5.10 Å². The Kier molecular flexibility index (Phi) is 4.84. The summed E-state index contributed by atoms with van der Waals surface area (Å²) in [5.41, 5.74) is 3.91. The lowest BCUT2D eigenvalue weighted by Gasteiger charge is -2.09. The van der Waals surface area contributed by atoms with Crippen molar-refractivity contribution in [2.45, 2.75) is 9.79 Å². The van der Waals surface area contributed by atoms with Crippen molar-refractivity contribution in [3.8, 4) is 17.3 Å². The van der Waals surface area contributed by atoms with Gasteiger partial charge in [0, 0.05) is 27.2 Å². The van der Waals surface area contributed by atoms with Crippen molar-refractivity contribution < 1.29 is 0 Å². The number of nitriles is 1. The predicted octanol–water partition coefficient (Wildman–Crippen LogP) is 5.39. The summed E-state index contributed by atoms with van der Waals surface area (Å²) < 4.78 is 1.82. The van der Waals surface area contributed by atoms with E-state index in [4.69, 9.17) is 4.98 Å². The van der Waals surface area contributed by atoms with Gasteiger partial charge in [0.15, 0.2) is 11.5 Å². The number of fused-ring (bicyclic) bond motifs is 1. The number of aromatic nitrogens is 3. The van der Waals surface area contributed by atoms with Crippen LogP contribution in [0.4, 0.5) is 11.5 Å². The van der Waals surface area contributed by atoms with Crippen molar-refractivity contribution in [2.75, 3.05) is 17.8 Å². The second kappa shape index (κ2) is 7.43. The average Bonchev–Trinajstić information content (AvgIpc) is 3.28. The summed E-state index contributed by atoms with van der Waals surface area (Å²) in [7, 11) is 0. The van der Waals surface area contributed by atoms with Crippen LogP contribution in [0.25, 0.3) is 16.9 Å². The first kappa shape index (κ1) is 17.6. The number of imidazole rings is 1. The van der Waals surface area contributed by atoms with E-state index in [1.807, 2.05) is 16.6 Å². The molecule has 0 amide bonds. The van der Waals surface area contributed by atoms with Gasteiger partial charge in [-0.2, -0.15) is 5.26 Å². The molecule has 0 spiro atoms. The highest BCUT2D eigenvalue weighted by atomic mass is 32.2. The molecule has 0 radical (unpaired) electrons. The molecule has 0 aliphatic heterocycles. The van der Waals surface area contributed by atoms with Crippen LogP contribution in [0.15, 0.2) is 64.5 Å². The van der Waals surface area contributed by atoms with Crippen molar-refractivity contribution in [3.63, 3.8) is 0 Å². The van der Waals surface area contributed by atoms with Crippen LogP contribution in [0.2, 0.25) is 0 Å². The summed E-state index contributed by atoms with van der Waals surface area (Å²) >= 11 is 3.40. The number of benzene rings is 2. The van der Waals surface area contributed by atoms with E-state index in [2.05, 4.69) is 65.4 Å². The topological polar surface area (TPSA) is 68.9 Å². The first-order chi connectivity index (χ1) is 13.2. The Hall–Kier alpha value is -2.82. The van der Waals surface area contributed by atoms with E-state index in [0.29, 0.717) is 11.2 Å². The highest BCUT2D eigenvalue weighted by molar-refractivity contribution is 7.98. The van der Waals surface area contributed by atoms with E-state index >= 15 is 0 Å². The van der Waals surface area contributed by atoms with Gasteiger partial charge >= 0.3 is 0 Å². The van der Waals surface area contributed by atoms with Gasteiger partial charge in [-0.15, -0.1) is 23.5 Å². The van der Waals surface area contributed by atoms with Crippen molar-refractivity contribution in [3.05, 3.63) is 60.3 Å². The molecule has 0 saturated heterocycles. The maximum Gasteiger partial charge on any atom is 0.173 e. The Morgan fingerprint density at radius 3 is 2.56 bits per heavy atom. The van der Waals surface area contributed by atoms with Crippen LogP contribution < -0.4 is 5.32 Å². The van der Waals surface area contributed by atoms with E-state index < -0.39 is 0 Å². The molecular formula is C20H17N5S2. The molecule has 4 rings (SSSR count). The van der Waals surface area contributed by atoms with Gasteiger partial charge in [-0.1, -0.05) is 18.2 Å². The summed E-state index contributed by atoms with van der Waals surface area (Å²) in [6.07, 6.45) is 5.78. The molecule has 0 aliphatic rings. The zero-order valence-electron chi connectivity index (χ0n) is 14.9. The maximum absolute atomic E-state index is 9.37. The molecule has 0 bridgehead atoms. The number of nitrogens with one attached hydrogen (secondary N) is 2. The molecule has 2 N–H and O–H groups in total. The minimum atomic E-state index is 0.517. The fourth-order valence-electron chi connectivity index (χ4n) is 2.91. The SMILES string of the molecule is CSc1ccc(-c2nc3c(C#N)c[nH]n3c2Nc2cccc(SC)c2)cc1. The van der Waals surface area contributed by atoms with E-state index in [-0.39, 0.29) is 0 Å². The summed E-state index contributed by atoms with van der Waals surface area (Å²) in [6, 6.07) is 18.7. The van der Waals surface area contributed by atoms with E-state index in [1.54, 1.807) is 29.7 Å². The maximum atomic E-state index is 9.37.